The number of benzene rings is 2. The molecule has 0 saturated carbocycles. The normalized spacial score (nSPS) is 14.4. The molecule has 2 aromatic carbocycles. The molecule has 3 nitrogen and oxygen atoms in total. The van der Waals surface area contributed by atoms with Crippen LogP contribution >= 0.6 is 7.37 Å². The first kappa shape index (κ1) is 16.5. The maximum atomic E-state index is 14.2. The van der Waals surface area contributed by atoms with Gasteiger partial charge in [-0.3, -0.25) is 4.57 Å². The van der Waals surface area contributed by atoms with Crippen molar-refractivity contribution in [2.75, 3.05) is 0 Å². The Hall–Kier alpha value is -1.87. The molecule has 1 N–H and O–H groups in total. The zero-order valence-corrected chi connectivity index (χ0v) is 13.4. The summed E-state index contributed by atoms with van der Waals surface area (Å²) in [5.74, 6) is -1.82. The van der Waals surface area contributed by atoms with E-state index in [2.05, 4.69) is 0 Å². The summed E-state index contributed by atoms with van der Waals surface area (Å²) in [4.78, 5) is 0. The number of aromatic hydroxyl groups is 1. The van der Waals surface area contributed by atoms with Crippen LogP contribution in [-0.2, 0) is 4.57 Å². The van der Waals surface area contributed by atoms with Crippen molar-refractivity contribution < 1.29 is 23.0 Å². The van der Waals surface area contributed by atoms with Gasteiger partial charge in [0, 0.05) is 6.07 Å². The van der Waals surface area contributed by atoms with Crippen molar-refractivity contribution in [1.29, 1.82) is 0 Å². The highest BCUT2D eigenvalue weighted by molar-refractivity contribution is 7.69. The van der Waals surface area contributed by atoms with E-state index >= 15 is 0 Å². The fraction of sp³-hybridized carbons (Fsp3) is 0.250. The third-order valence-corrected chi connectivity index (χ3v) is 6.44. The van der Waals surface area contributed by atoms with Crippen LogP contribution in [0.3, 0.4) is 0 Å². The highest BCUT2D eigenvalue weighted by atomic mass is 31.2. The summed E-state index contributed by atoms with van der Waals surface area (Å²) >= 11 is 0. The zero-order valence-electron chi connectivity index (χ0n) is 12.5. The Kier molecular flexibility index (Phi) is 4.30. The summed E-state index contributed by atoms with van der Waals surface area (Å²) in [5, 5.41) is 8.57. The van der Waals surface area contributed by atoms with Gasteiger partial charge in [0.05, 0.1) is 5.16 Å². The first-order valence-corrected chi connectivity index (χ1v) is 8.31. The van der Waals surface area contributed by atoms with E-state index in [-0.39, 0.29) is 11.1 Å². The molecule has 0 bridgehead atoms. The van der Waals surface area contributed by atoms with Gasteiger partial charge in [-0.2, -0.15) is 0 Å². The van der Waals surface area contributed by atoms with Crippen molar-refractivity contribution in [2.24, 2.45) is 0 Å². The van der Waals surface area contributed by atoms with Crippen LogP contribution in [0.25, 0.3) is 0 Å². The van der Waals surface area contributed by atoms with Crippen LogP contribution in [-0.4, -0.2) is 10.3 Å². The van der Waals surface area contributed by atoms with Gasteiger partial charge < -0.3 is 9.63 Å². The molecule has 0 aliphatic rings. The Labute approximate surface area is 128 Å². The first-order chi connectivity index (χ1) is 10.1. The van der Waals surface area contributed by atoms with E-state index in [1.165, 1.54) is 30.3 Å². The van der Waals surface area contributed by atoms with Gasteiger partial charge in [-0.05, 0) is 45.0 Å². The van der Waals surface area contributed by atoms with Gasteiger partial charge in [0.1, 0.15) is 28.4 Å². The molecule has 6 heteroatoms. The van der Waals surface area contributed by atoms with Crippen LogP contribution in [0.15, 0.2) is 42.5 Å². The minimum absolute atomic E-state index is 0.0147. The molecule has 0 heterocycles. The van der Waals surface area contributed by atoms with Gasteiger partial charge in [0.2, 0.25) is 0 Å². The number of hydrogen-bond donors (Lipinski definition) is 1. The van der Waals surface area contributed by atoms with Crippen molar-refractivity contribution in [1.82, 2.24) is 0 Å². The quantitative estimate of drug-likeness (QED) is 0.848. The Morgan fingerprint density at radius 2 is 1.73 bits per heavy atom. The molecule has 0 saturated heterocycles. The number of phenols is 1. The third-order valence-electron chi connectivity index (χ3n) is 3.17. The Bertz CT molecular complexity index is 718. The highest BCUT2D eigenvalue weighted by Gasteiger charge is 2.45. The number of hydrogen-bond acceptors (Lipinski definition) is 3. The second kappa shape index (κ2) is 5.73. The average Bonchev–Trinajstić information content (AvgIpc) is 2.37. The molecule has 2 aromatic rings. The average molecular weight is 326 g/mol. The smallest absolute Gasteiger partial charge is 0.289 e. The van der Waals surface area contributed by atoms with Gasteiger partial charge in [-0.1, -0.05) is 12.1 Å². The van der Waals surface area contributed by atoms with Gasteiger partial charge >= 0.3 is 0 Å². The van der Waals surface area contributed by atoms with Gasteiger partial charge in [0.15, 0.2) is 0 Å². The fourth-order valence-electron chi connectivity index (χ4n) is 1.99. The lowest BCUT2D eigenvalue weighted by molar-refractivity contribution is 0.446. The number of phenolic OH excluding ortho intramolecular Hbond substituents is 1. The topological polar surface area (TPSA) is 46.5 Å². The van der Waals surface area contributed by atoms with E-state index in [4.69, 9.17) is 4.52 Å². The van der Waals surface area contributed by atoms with Crippen molar-refractivity contribution in [3.05, 3.63) is 54.1 Å². The standard InChI is InChI=1S/C16H17F2O3P/c1-16(2,3)22(20,15-13(18)8-5-9-14(15)19)21-12-7-4-6-11(17)10-12/h4-10,19H,1-3H3. The summed E-state index contributed by atoms with van der Waals surface area (Å²) in [6, 6.07) is 8.77. The molecule has 0 radical (unpaired) electrons. The molecule has 0 aliphatic heterocycles. The maximum absolute atomic E-state index is 14.2. The summed E-state index contributed by atoms with van der Waals surface area (Å²) in [7, 11) is -3.86. The van der Waals surface area contributed by atoms with E-state index < -0.39 is 29.9 Å². The minimum Gasteiger partial charge on any atom is -0.507 e. The summed E-state index contributed by atoms with van der Waals surface area (Å²) < 4.78 is 46.4. The van der Waals surface area contributed by atoms with Crippen LogP contribution in [0.4, 0.5) is 8.78 Å². The number of rotatable bonds is 3. The first-order valence-electron chi connectivity index (χ1n) is 6.68. The van der Waals surface area contributed by atoms with Crippen molar-refractivity contribution >= 4 is 12.7 Å². The lowest BCUT2D eigenvalue weighted by Gasteiger charge is -2.31. The Balaban J connectivity index is 2.62. The molecule has 0 aliphatic carbocycles. The molecular formula is C16H17F2O3P. The zero-order chi connectivity index (χ0) is 16.5. The van der Waals surface area contributed by atoms with Crippen LogP contribution in [0, 0.1) is 11.6 Å². The molecule has 22 heavy (non-hydrogen) atoms. The van der Waals surface area contributed by atoms with Crippen LogP contribution < -0.4 is 9.83 Å². The lowest BCUT2D eigenvalue weighted by atomic mass is 10.3. The molecule has 0 aromatic heterocycles. The van der Waals surface area contributed by atoms with E-state index in [1.807, 2.05) is 0 Å². The fourth-order valence-corrected chi connectivity index (χ4v) is 4.16. The minimum atomic E-state index is -3.86. The summed E-state index contributed by atoms with van der Waals surface area (Å²) in [6.07, 6.45) is 0. The third kappa shape index (κ3) is 3.00. The maximum Gasteiger partial charge on any atom is 0.289 e. The van der Waals surface area contributed by atoms with E-state index in [0.29, 0.717) is 0 Å². The second-order valence-electron chi connectivity index (χ2n) is 5.88. The molecule has 0 amide bonds. The van der Waals surface area contributed by atoms with Crippen LogP contribution in [0.1, 0.15) is 20.8 Å². The van der Waals surface area contributed by atoms with Crippen molar-refractivity contribution in [3.8, 4) is 11.5 Å². The molecule has 2 rings (SSSR count). The largest absolute Gasteiger partial charge is 0.507 e. The highest BCUT2D eigenvalue weighted by Crippen LogP contribution is 2.59. The van der Waals surface area contributed by atoms with Gasteiger partial charge in [-0.15, -0.1) is 0 Å². The predicted molar refractivity (Wildman–Crippen MR) is 82.1 cm³/mol. The van der Waals surface area contributed by atoms with E-state index in [9.17, 15) is 18.5 Å². The van der Waals surface area contributed by atoms with E-state index in [1.54, 1.807) is 20.8 Å². The monoisotopic (exact) mass is 326 g/mol. The molecule has 1 atom stereocenters. The van der Waals surface area contributed by atoms with Gasteiger partial charge in [0.25, 0.3) is 7.37 Å². The molecule has 118 valence electrons. The van der Waals surface area contributed by atoms with Crippen LogP contribution in [0.5, 0.6) is 11.5 Å². The molecule has 0 spiro atoms. The van der Waals surface area contributed by atoms with E-state index in [0.717, 1.165) is 12.1 Å². The predicted octanol–water partition coefficient (Wildman–Crippen LogP) is 4.45. The van der Waals surface area contributed by atoms with Crippen molar-refractivity contribution in [3.63, 3.8) is 0 Å². The Morgan fingerprint density at radius 1 is 1.09 bits per heavy atom. The lowest BCUT2D eigenvalue weighted by Crippen LogP contribution is -2.28. The van der Waals surface area contributed by atoms with Crippen LogP contribution in [0.2, 0.25) is 0 Å². The van der Waals surface area contributed by atoms with Crippen molar-refractivity contribution in [2.45, 2.75) is 25.9 Å². The summed E-state index contributed by atoms with van der Waals surface area (Å²) in [6.45, 7) is 4.83. The summed E-state index contributed by atoms with van der Waals surface area (Å²) in [5.41, 5.74) is 0. The Morgan fingerprint density at radius 3 is 2.27 bits per heavy atom. The molecular weight excluding hydrogens is 309 g/mol. The SMILES string of the molecule is CC(C)(C)P(=O)(Oc1cccc(F)c1)c1c(O)cccc1F. The molecule has 1 unspecified atom stereocenters. The number of halogens is 2. The molecule has 0 fully saturated rings. The van der Waals surface area contributed by atoms with Gasteiger partial charge in [-0.25, -0.2) is 8.78 Å². The second-order valence-corrected chi connectivity index (χ2v) is 8.95.